The van der Waals surface area contributed by atoms with E-state index in [4.69, 9.17) is 0 Å². The van der Waals surface area contributed by atoms with Crippen molar-refractivity contribution in [2.45, 2.75) is 38.6 Å². The van der Waals surface area contributed by atoms with Crippen LogP contribution in [0, 0.1) is 0 Å². The third-order valence-corrected chi connectivity index (χ3v) is 4.41. The molecule has 1 unspecified atom stereocenters. The van der Waals surface area contributed by atoms with Crippen molar-refractivity contribution in [2.75, 3.05) is 33.2 Å². The first-order valence-corrected chi connectivity index (χ1v) is 8.56. The van der Waals surface area contributed by atoms with E-state index in [1.165, 1.54) is 24.9 Å². The number of hydrogen-bond acceptors (Lipinski definition) is 2. The predicted molar refractivity (Wildman–Crippen MR) is 110 cm³/mol. The molecule has 0 aromatic heterocycles. The Kier molecular flexibility index (Phi) is 10.3. The number of nitrogens with one attached hydrogen (secondary N) is 2. The molecule has 2 N–H and O–H groups in total. The minimum absolute atomic E-state index is 0. The van der Waals surface area contributed by atoms with Crippen LogP contribution in [-0.2, 0) is 6.42 Å². The molecular weight excluding hydrogens is 399 g/mol. The molecule has 0 amide bonds. The Labute approximate surface area is 158 Å². The second kappa shape index (κ2) is 11.7. The number of benzene rings is 1. The van der Waals surface area contributed by atoms with E-state index >= 15 is 0 Å². The smallest absolute Gasteiger partial charge is 0.191 e. The summed E-state index contributed by atoms with van der Waals surface area (Å²) in [5, 5.41) is 6.89. The predicted octanol–water partition coefficient (Wildman–Crippen LogP) is 2.89. The lowest BCUT2D eigenvalue weighted by Gasteiger charge is -2.24. The van der Waals surface area contributed by atoms with Gasteiger partial charge < -0.3 is 10.6 Å². The SMILES string of the molecule is CCN1CCCC1CNC(=NC)NCCCc1ccccc1.I. The molecule has 1 aliphatic heterocycles. The fourth-order valence-electron chi connectivity index (χ4n) is 3.12. The van der Waals surface area contributed by atoms with Gasteiger partial charge in [-0.05, 0) is 44.3 Å². The number of guanidine groups is 1. The Morgan fingerprint density at radius 1 is 1.26 bits per heavy atom. The number of aliphatic imine (C=N–C) groups is 1. The highest BCUT2D eigenvalue weighted by Gasteiger charge is 2.22. The third-order valence-electron chi connectivity index (χ3n) is 4.41. The van der Waals surface area contributed by atoms with E-state index in [0.29, 0.717) is 6.04 Å². The Balaban J connectivity index is 0.00000264. The Morgan fingerprint density at radius 2 is 2.04 bits per heavy atom. The molecule has 23 heavy (non-hydrogen) atoms. The third kappa shape index (κ3) is 7.08. The van der Waals surface area contributed by atoms with E-state index in [1.807, 2.05) is 7.05 Å². The minimum atomic E-state index is 0. The number of rotatable bonds is 7. The number of nitrogens with zero attached hydrogens (tertiary/aromatic N) is 2. The van der Waals surface area contributed by atoms with Crippen molar-refractivity contribution in [1.82, 2.24) is 15.5 Å². The van der Waals surface area contributed by atoms with Crippen LogP contribution in [0.5, 0.6) is 0 Å². The second-order valence-corrected chi connectivity index (χ2v) is 5.89. The molecule has 1 atom stereocenters. The molecular formula is C18H31IN4. The Morgan fingerprint density at radius 3 is 2.74 bits per heavy atom. The second-order valence-electron chi connectivity index (χ2n) is 5.89. The molecule has 130 valence electrons. The van der Waals surface area contributed by atoms with Gasteiger partial charge in [-0.25, -0.2) is 0 Å². The van der Waals surface area contributed by atoms with Gasteiger partial charge in [0, 0.05) is 26.2 Å². The van der Waals surface area contributed by atoms with Gasteiger partial charge in [0.1, 0.15) is 0 Å². The van der Waals surface area contributed by atoms with Crippen LogP contribution in [0.4, 0.5) is 0 Å². The highest BCUT2D eigenvalue weighted by molar-refractivity contribution is 14.0. The molecule has 0 spiro atoms. The van der Waals surface area contributed by atoms with Crippen molar-refractivity contribution in [2.24, 2.45) is 4.99 Å². The standard InChI is InChI=1S/C18H30N4.HI/c1-3-22-14-8-12-17(22)15-21-18(19-2)20-13-7-11-16-9-5-4-6-10-16;/h4-6,9-10,17H,3,7-8,11-15H2,1-2H3,(H2,19,20,21);1H. The molecule has 0 saturated carbocycles. The maximum Gasteiger partial charge on any atom is 0.191 e. The Bertz CT molecular complexity index is 450. The molecule has 5 heteroatoms. The maximum atomic E-state index is 4.32. The molecule has 0 bridgehead atoms. The van der Waals surface area contributed by atoms with Crippen molar-refractivity contribution in [3.05, 3.63) is 35.9 Å². The zero-order valence-electron chi connectivity index (χ0n) is 14.4. The number of hydrogen-bond donors (Lipinski definition) is 2. The van der Waals surface area contributed by atoms with Crippen LogP contribution in [0.1, 0.15) is 31.7 Å². The van der Waals surface area contributed by atoms with Gasteiger partial charge in [-0.3, -0.25) is 9.89 Å². The Hall–Kier alpha value is -0.820. The zero-order valence-corrected chi connectivity index (χ0v) is 16.8. The zero-order chi connectivity index (χ0) is 15.6. The number of likely N-dealkylation sites (N-methyl/N-ethyl adjacent to an activating group) is 1. The van der Waals surface area contributed by atoms with Crippen LogP contribution in [0.2, 0.25) is 0 Å². The normalized spacial score (nSPS) is 18.5. The van der Waals surface area contributed by atoms with Gasteiger partial charge in [-0.2, -0.15) is 0 Å². The van der Waals surface area contributed by atoms with Crippen molar-refractivity contribution in [3.63, 3.8) is 0 Å². The lowest BCUT2D eigenvalue weighted by molar-refractivity contribution is 0.267. The molecule has 4 nitrogen and oxygen atoms in total. The molecule has 0 radical (unpaired) electrons. The fraction of sp³-hybridized carbons (Fsp3) is 0.611. The lowest BCUT2D eigenvalue weighted by atomic mass is 10.1. The summed E-state index contributed by atoms with van der Waals surface area (Å²) in [6.07, 6.45) is 4.85. The van der Waals surface area contributed by atoms with Crippen molar-refractivity contribution in [3.8, 4) is 0 Å². The van der Waals surface area contributed by atoms with Crippen LogP contribution in [0.25, 0.3) is 0 Å². The maximum absolute atomic E-state index is 4.32. The largest absolute Gasteiger partial charge is 0.356 e. The van der Waals surface area contributed by atoms with Gasteiger partial charge in [-0.15, -0.1) is 24.0 Å². The summed E-state index contributed by atoms with van der Waals surface area (Å²) < 4.78 is 0. The molecule has 0 aliphatic carbocycles. The van der Waals surface area contributed by atoms with E-state index in [1.54, 1.807) is 0 Å². The van der Waals surface area contributed by atoms with Gasteiger partial charge in [0.15, 0.2) is 5.96 Å². The van der Waals surface area contributed by atoms with Gasteiger partial charge in [0.2, 0.25) is 0 Å². The molecule has 2 rings (SSSR count). The van der Waals surface area contributed by atoms with E-state index in [2.05, 4.69) is 57.8 Å². The van der Waals surface area contributed by atoms with Crippen LogP contribution < -0.4 is 10.6 Å². The first kappa shape index (κ1) is 20.2. The minimum Gasteiger partial charge on any atom is -0.356 e. The van der Waals surface area contributed by atoms with Gasteiger partial charge in [0.25, 0.3) is 0 Å². The van der Waals surface area contributed by atoms with Crippen molar-refractivity contribution >= 4 is 29.9 Å². The van der Waals surface area contributed by atoms with Crippen molar-refractivity contribution in [1.29, 1.82) is 0 Å². The lowest BCUT2D eigenvalue weighted by Crippen LogP contribution is -2.45. The highest BCUT2D eigenvalue weighted by Crippen LogP contribution is 2.15. The number of halogens is 1. The highest BCUT2D eigenvalue weighted by atomic mass is 127. The van der Waals surface area contributed by atoms with Crippen LogP contribution in [0.15, 0.2) is 35.3 Å². The van der Waals surface area contributed by atoms with Gasteiger partial charge in [-0.1, -0.05) is 37.3 Å². The molecule has 1 fully saturated rings. The fourth-order valence-corrected chi connectivity index (χ4v) is 3.12. The molecule has 1 saturated heterocycles. The summed E-state index contributed by atoms with van der Waals surface area (Å²) in [7, 11) is 1.85. The molecule has 1 aromatic carbocycles. The summed E-state index contributed by atoms with van der Waals surface area (Å²) in [6.45, 7) is 6.58. The molecule has 1 aromatic rings. The van der Waals surface area contributed by atoms with Crippen molar-refractivity contribution < 1.29 is 0 Å². The van der Waals surface area contributed by atoms with E-state index < -0.39 is 0 Å². The average Bonchev–Trinajstić information content (AvgIpc) is 3.02. The van der Waals surface area contributed by atoms with E-state index in [-0.39, 0.29) is 24.0 Å². The van der Waals surface area contributed by atoms with Crippen LogP contribution in [-0.4, -0.2) is 50.1 Å². The number of likely N-dealkylation sites (tertiary alicyclic amines) is 1. The van der Waals surface area contributed by atoms with Gasteiger partial charge >= 0.3 is 0 Å². The summed E-state index contributed by atoms with van der Waals surface area (Å²) in [5.74, 6) is 0.927. The van der Waals surface area contributed by atoms with Gasteiger partial charge in [0.05, 0.1) is 0 Å². The van der Waals surface area contributed by atoms with E-state index in [0.717, 1.165) is 38.4 Å². The first-order chi connectivity index (χ1) is 10.8. The first-order valence-electron chi connectivity index (χ1n) is 8.56. The van der Waals surface area contributed by atoms with Crippen LogP contribution >= 0.6 is 24.0 Å². The topological polar surface area (TPSA) is 39.7 Å². The summed E-state index contributed by atoms with van der Waals surface area (Å²) >= 11 is 0. The van der Waals surface area contributed by atoms with Crippen LogP contribution in [0.3, 0.4) is 0 Å². The summed E-state index contributed by atoms with van der Waals surface area (Å²) in [6, 6.07) is 11.3. The molecule has 1 aliphatic rings. The average molecular weight is 430 g/mol. The van der Waals surface area contributed by atoms with E-state index in [9.17, 15) is 0 Å². The monoisotopic (exact) mass is 430 g/mol. The summed E-state index contributed by atoms with van der Waals surface area (Å²) in [5.41, 5.74) is 1.40. The molecule has 1 heterocycles. The number of aryl methyl sites for hydroxylation is 1. The quantitative estimate of drug-likeness (QED) is 0.303. The summed E-state index contributed by atoms with van der Waals surface area (Å²) in [4.78, 5) is 6.87.